The van der Waals surface area contributed by atoms with Crippen molar-refractivity contribution in [2.75, 3.05) is 10.7 Å². The summed E-state index contributed by atoms with van der Waals surface area (Å²) in [7, 11) is 0. The van der Waals surface area contributed by atoms with Gasteiger partial charge >= 0.3 is 0 Å². The lowest BCUT2D eigenvalue weighted by molar-refractivity contribution is -0.384. The molecule has 0 unspecified atom stereocenters. The molecule has 0 saturated carbocycles. The Morgan fingerprint density at radius 3 is 2.33 bits per heavy atom. The third-order valence-electron chi connectivity index (χ3n) is 2.19. The van der Waals surface area contributed by atoms with Gasteiger partial charge in [0.25, 0.3) is 5.69 Å². The molecule has 94 valence electrons. The van der Waals surface area contributed by atoms with Gasteiger partial charge in [0.2, 0.25) is 5.91 Å². The molecule has 1 aromatic carbocycles. The lowest BCUT2D eigenvalue weighted by Gasteiger charge is -2.17. The van der Waals surface area contributed by atoms with Gasteiger partial charge in [-0.15, -0.1) is 0 Å². The first-order valence-electron chi connectivity index (χ1n) is 4.55. The summed E-state index contributed by atoms with van der Waals surface area (Å²) in [4.78, 5) is 22.9. The molecule has 9 heteroatoms. The number of nitro groups is 1. The number of amides is 1. The molecular formula is C9H4Cl2N2O3S2. The maximum Gasteiger partial charge on any atom is 0.272 e. The van der Waals surface area contributed by atoms with Crippen molar-refractivity contribution in [1.29, 1.82) is 0 Å². The largest absolute Gasteiger partial charge is 0.273 e. The van der Waals surface area contributed by atoms with Crippen LogP contribution in [0.1, 0.15) is 0 Å². The quantitative estimate of drug-likeness (QED) is 0.475. The fourth-order valence-electron chi connectivity index (χ4n) is 1.44. The monoisotopic (exact) mass is 322 g/mol. The molecule has 2 rings (SSSR count). The molecule has 5 nitrogen and oxygen atoms in total. The molecule has 0 N–H and O–H groups in total. The normalized spacial score (nSPS) is 15.3. The number of nitrogens with zero attached hydrogens (tertiary/aromatic N) is 2. The van der Waals surface area contributed by atoms with E-state index in [-0.39, 0.29) is 33.1 Å². The first-order valence-corrected chi connectivity index (χ1v) is 6.70. The van der Waals surface area contributed by atoms with Crippen molar-refractivity contribution in [3.05, 3.63) is 32.3 Å². The number of anilines is 1. The molecule has 0 radical (unpaired) electrons. The third kappa shape index (κ3) is 2.31. The van der Waals surface area contributed by atoms with Crippen LogP contribution in [0.2, 0.25) is 10.0 Å². The number of non-ortho nitro benzene ring substituents is 1. The number of benzene rings is 1. The van der Waals surface area contributed by atoms with E-state index in [1.165, 1.54) is 16.7 Å². The van der Waals surface area contributed by atoms with Crippen molar-refractivity contribution in [3.8, 4) is 0 Å². The maximum atomic E-state index is 11.7. The smallest absolute Gasteiger partial charge is 0.272 e. The number of hydrogen-bond acceptors (Lipinski definition) is 5. The Morgan fingerprint density at radius 2 is 1.94 bits per heavy atom. The summed E-state index contributed by atoms with van der Waals surface area (Å²) < 4.78 is 0.331. The van der Waals surface area contributed by atoms with Gasteiger partial charge < -0.3 is 0 Å². The van der Waals surface area contributed by atoms with Crippen LogP contribution in [0.3, 0.4) is 0 Å². The van der Waals surface area contributed by atoms with Gasteiger partial charge in [0, 0.05) is 12.1 Å². The van der Waals surface area contributed by atoms with Crippen LogP contribution in [0, 0.1) is 10.1 Å². The molecule has 1 aliphatic rings. The third-order valence-corrected chi connectivity index (χ3v) is 4.12. The molecule has 1 amide bonds. The number of thiocarbonyl (C=S) groups is 1. The van der Waals surface area contributed by atoms with Crippen LogP contribution < -0.4 is 4.90 Å². The second-order valence-corrected chi connectivity index (χ2v) is 5.72. The highest BCUT2D eigenvalue weighted by atomic mass is 35.5. The summed E-state index contributed by atoms with van der Waals surface area (Å²) >= 11 is 18.1. The molecule has 0 spiro atoms. The van der Waals surface area contributed by atoms with Gasteiger partial charge in [-0.3, -0.25) is 19.8 Å². The Labute approximate surface area is 121 Å². The van der Waals surface area contributed by atoms with Crippen molar-refractivity contribution < 1.29 is 9.72 Å². The highest BCUT2D eigenvalue weighted by molar-refractivity contribution is 8.24. The first-order chi connectivity index (χ1) is 8.41. The van der Waals surface area contributed by atoms with Gasteiger partial charge in [0.1, 0.15) is 4.32 Å². The summed E-state index contributed by atoms with van der Waals surface area (Å²) in [6, 6.07) is 2.28. The standard InChI is InChI=1S/C9H4Cl2N2O3S2/c10-5-1-4(13(15)16)2-6(11)8(5)12-7(14)3-18-9(12)17/h1-2H,3H2. The van der Waals surface area contributed by atoms with Gasteiger partial charge in [-0.05, 0) is 0 Å². The number of hydrogen-bond donors (Lipinski definition) is 0. The van der Waals surface area contributed by atoms with Crippen LogP contribution in [-0.2, 0) is 4.79 Å². The van der Waals surface area contributed by atoms with E-state index in [2.05, 4.69) is 0 Å². The van der Waals surface area contributed by atoms with Crippen LogP contribution in [0.4, 0.5) is 11.4 Å². The van der Waals surface area contributed by atoms with Crippen LogP contribution in [0.15, 0.2) is 12.1 Å². The van der Waals surface area contributed by atoms with E-state index < -0.39 is 4.92 Å². The zero-order valence-electron chi connectivity index (χ0n) is 8.55. The average Bonchev–Trinajstić information content (AvgIpc) is 2.59. The zero-order chi connectivity index (χ0) is 13.4. The van der Waals surface area contributed by atoms with Gasteiger partial charge in [-0.2, -0.15) is 0 Å². The summed E-state index contributed by atoms with van der Waals surface area (Å²) in [6.45, 7) is 0. The van der Waals surface area contributed by atoms with Crippen molar-refractivity contribution in [3.63, 3.8) is 0 Å². The van der Waals surface area contributed by atoms with Crippen LogP contribution in [0.25, 0.3) is 0 Å². The van der Waals surface area contributed by atoms with Crippen molar-refractivity contribution in [2.24, 2.45) is 0 Å². The Balaban J connectivity index is 2.55. The molecule has 0 aromatic heterocycles. The fraction of sp³-hybridized carbons (Fsp3) is 0.111. The molecule has 1 fully saturated rings. The van der Waals surface area contributed by atoms with E-state index in [0.29, 0.717) is 4.32 Å². The number of nitro benzene ring substituents is 1. The van der Waals surface area contributed by atoms with Gasteiger partial charge in [-0.1, -0.05) is 47.2 Å². The van der Waals surface area contributed by atoms with E-state index in [1.54, 1.807) is 0 Å². The zero-order valence-corrected chi connectivity index (χ0v) is 11.7. The molecule has 0 atom stereocenters. The number of carbonyl (C=O) groups excluding carboxylic acids is 1. The van der Waals surface area contributed by atoms with E-state index >= 15 is 0 Å². The summed E-state index contributed by atoms with van der Waals surface area (Å²) in [5, 5.41) is 10.7. The average molecular weight is 323 g/mol. The Bertz CT molecular complexity index is 540. The van der Waals surface area contributed by atoms with Gasteiger partial charge in [0.05, 0.1) is 26.4 Å². The molecule has 1 aromatic rings. The molecule has 1 saturated heterocycles. The second-order valence-electron chi connectivity index (χ2n) is 3.30. The minimum atomic E-state index is -0.611. The number of rotatable bonds is 2. The Hall–Kier alpha value is -0.890. The van der Waals surface area contributed by atoms with E-state index in [4.69, 9.17) is 35.4 Å². The first kappa shape index (κ1) is 13.5. The minimum absolute atomic E-state index is 0.0207. The Kier molecular flexibility index (Phi) is 3.76. The van der Waals surface area contributed by atoms with Crippen LogP contribution in [-0.4, -0.2) is 20.9 Å². The van der Waals surface area contributed by atoms with Gasteiger partial charge in [0.15, 0.2) is 0 Å². The van der Waals surface area contributed by atoms with E-state index in [0.717, 1.165) is 12.1 Å². The van der Waals surface area contributed by atoms with Gasteiger partial charge in [-0.25, -0.2) is 0 Å². The predicted octanol–water partition coefficient (Wildman–Crippen LogP) is 3.27. The maximum absolute atomic E-state index is 11.7. The SMILES string of the molecule is O=C1CSC(=S)N1c1c(Cl)cc([N+](=O)[O-])cc1Cl. The number of thioether (sulfide) groups is 1. The predicted molar refractivity (Wildman–Crippen MR) is 75.7 cm³/mol. The highest BCUT2D eigenvalue weighted by Gasteiger charge is 2.32. The van der Waals surface area contributed by atoms with E-state index in [9.17, 15) is 14.9 Å². The Morgan fingerprint density at radius 1 is 1.39 bits per heavy atom. The summed E-state index contributed by atoms with van der Waals surface area (Å²) in [5.74, 6) is -0.0368. The molecule has 18 heavy (non-hydrogen) atoms. The lowest BCUT2D eigenvalue weighted by Crippen LogP contribution is -2.28. The molecule has 1 heterocycles. The number of halogens is 2. The summed E-state index contributed by atoms with van der Waals surface area (Å²) in [5.41, 5.74) is -0.0390. The van der Waals surface area contributed by atoms with Crippen LogP contribution >= 0.6 is 47.2 Å². The molecule has 1 aliphatic heterocycles. The molecular weight excluding hydrogens is 319 g/mol. The summed E-state index contributed by atoms with van der Waals surface area (Å²) in [6.07, 6.45) is 0. The second kappa shape index (κ2) is 5.00. The number of carbonyl (C=O) groups is 1. The lowest BCUT2D eigenvalue weighted by atomic mass is 10.2. The van der Waals surface area contributed by atoms with Crippen molar-refractivity contribution in [2.45, 2.75) is 0 Å². The minimum Gasteiger partial charge on any atom is -0.273 e. The molecule has 0 aliphatic carbocycles. The van der Waals surface area contributed by atoms with E-state index in [1.807, 2.05) is 0 Å². The van der Waals surface area contributed by atoms with Crippen LogP contribution in [0.5, 0.6) is 0 Å². The topological polar surface area (TPSA) is 63.5 Å². The van der Waals surface area contributed by atoms with Crippen molar-refractivity contribution >= 4 is 68.8 Å². The molecule has 0 bridgehead atoms. The fourth-order valence-corrected chi connectivity index (χ4v) is 3.15. The highest BCUT2D eigenvalue weighted by Crippen LogP contribution is 2.40. The van der Waals surface area contributed by atoms with Crippen molar-refractivity contribution in [1.82, 2.24) is 0 Å².